The zero-order valence-corrected chi connectivity index (χ0v) is 44.9. The second-order valence-electron chi connectivity index (χ2n) is 20.1. The zero-order valence-electron chi connectivity index (χ0n) is 44.9. The number of ether oxygens (including phenoxy) is 10. The monoisotopic (exact) mass is 1070 g/mol. The van der Waals surface area contributed by atoms with Gasteiger partial charge >= 0.3 is 0 Å². The van der Waals surface area contributed by atoms with E-state index in [1.54, 1.807) is 0 Å². The standard InChI is InChI=1S/C70H66O10/c1-50-66(75-47-55-31-17-6-18-32-55)68(76-48-56-33-19-7-20-34-56)69(77-49-57-35-21-8-22-36-57)70(78-50)80-65-42-60-62(73-45-53-27-13-4-14-28-53)40-59(71-43-51-23-9-2-10-24-51)41-63(60)79-67(65)58-37-38-61(72-44-52-25-11-3-12-26-52)64(39-58)74-46-54-29-15-5-16-30-54/h2-41,50,65-70H,42-49H2,1H3/t50?,65-,66-,67+,68?,69?,70-/m0/s1. The summed E-state index contributed by atoms with van der Waals surface area (Å²) in [5.41, 5.74) is 8.76. The Balaban J connectivity index is 0.986. The largest absolute Gasteiger partial charge is 0.489 e. The predicted molar refractivity (Wildman–Crippen MR) is 307 cm³/mol. The third-order valence-electron chi connectivity index (χ3n) is 14.3. The second-order valence-corrected chi connectivity index (χ2v) is 20.1. The summed E-state index contributed by atoms with van der Waals surface area (Å²) in [6, 6.07) is 80.7. The quantitative estimate of drug-likeness (QED) is 0.0582. The summed E-state index contributed by atoms with van der Waals surface area (Å²) in [6.45, 7) is 4.28. The SMILES string of the molecule is CC1O[C@@H](O[C@H]2Cc3c(OCc4ccccc4)cc(OCc4ccccc4)cc3O[C@@H]2c2ccc(OCc3ccccc3)c(OCc3ccccc3)c2)C(OCc2ccccc2)C(OCc2ccccc2)[C@H]1OCc1ccccc1. The Kier molecular flexibility index (Phi) is 18.2. The van der Waals surface area contributed by atoms with Gasteiger partial charge in [0, 0.05) is 24.1 Å². The molecule has 0 aliphatic carbocycles. The number of hydrogen-bond donors (Lipinski definition) is 0. The van der Waals surface area contributed by atoms with Gasteiger partial charge in [0.25, 0.3) is 0 Å². The maximum Gasteiger partial charge on any atom is 0.187 e. The summed E-state index contributed by atoms with van der Waals surface area (Å²) in [5, 5.41) is 0. The minimum Gasteiger partial charge on any atom is -0.489 e. The molecule has 406 valence electrons. The molecule has 0 saturated carbocycles. The van der Waals surface area contributed by atoms with E-state index in [-0.39, 0.29) is 6.61 Å². The summed E-state index contributed by atoms with van der Waals surface area (Å²) in [7, 11) is 0. The predicted octanol–water partition coefficient (Wildman–Crippen LogP) is 14.6. The van der Waals surface area contributed by atoms with Crippen molar-refractivity contribution in [2.45, 2.75) is 103 Å². The third kappa shape index (κ3) is 14.3. The van der Waals surface area contributed by atoms with Crippen molar-refractivity contribution in [3.8, 4) is 28.7 Å². The minimum absolute atomic E-state index is 0.267. The zero-order chi connectivity index (χ0) is 54.1. The number of rotatable bonds is 24. The molecule has 9 aromatic carbocycles. The van der Waals surface area contributed by atoms with Gasteiger partial charge in [-0.05, 0) is 63.6 Å². The van der Waals surface area contributed by atoms with Gasteiger partial charge in [-0.25, -0.2) is 0 Å². The van der Waals surface area contributed by atoms with E-state index in [0.29, 0.717) is 74.8 Å². The van der Waals surface area contributed by atoms with Crippen molar-refractivity contribution in [2.24, 2.45) is 0 Å². The molecule has 1 saturated heterocycles. The van der Waals surface area contributed by atoms with Crippen LogP contribution in [0, 0.1) is 0 Å². The molecular formula is C70H66O10. The normalized spacial score (nSPS) is 19.5. The van der Waals surface area contributed by atoms with Crippen LogP contribution in [0.15, 0.2) is 243 Å². The molecule has 0 radical (unpaired) electrons. The van der Waals surface area contributed by atoms with Crippen molar-refractivity contribution < 1.29 is 47.4 Å². The van der Waals surface area contributed by atoms with Crippen LogP contribution in [0.3, 0.4) is 0 Å². The molecule has 2 aliphatic rings. The van der Waals surface area contributed by atoms with Gasteiger partial charge in [-0.1, -0.05) is 218 Å². The lowest BCUT2D eigenvalue weighted by Gasteiger charge is -2.47. The van der Waals surface area contributed by atoms with Crippen LogP contribution < -0.4 is 23.7 Å². The van der Waals surface area contributed by atoms with Crippen LogP contribution in [-0.2, 0) is 76.4 Å². The lowest BCUT2D eigenvalue weighted by molar-refractivity contribution is -0.333. The van der Waals surface area contributed by atoms with Gasteiger partial charge in [0.2, 0.25) is 0 Å². The molecule has 0 amide bonds. The highest BCUT2D eigenvalue weighted by Crippen LogP contribution is 2.46. The van der Waals surface area contributed by atoms with E-state index in [2.05, 4.69) is 36.4 Å². The van der Waals surface area contributed by atoms with Crippen molar-refractivity contribution in [3.05, 3.63) is 293 Å². The maximum absolute atomic E-state index is 7.51. The highest BCUT2D eigenvalue weighted by Gasteiger charge is 2.50. The number of benzene rings is 9. The molecule has 3 unspecified atom stereocenters. The Labute approximate surface area is 469 Å². The molecule has 0 spiro atoms. The van der Waals surface area contributed by atoms with Gasteiger partial charge in [0.05, 0.1) is 25.9 Å². The first-order valence-electron chi connectivity index (χ1n) is 27.5. The molecule has 9 aromatic rings. The van der Waals surface area contributed by atoms with Crippen LogP contribution in [0.2, 0.25) is 0 Å². The molecule has 11 rings (SSSR count). The molecule has 1 fully saturated rings. The average Bonchev–Trinajstić information content (AvgIpc) is 3.54. The molecule has 0 bridgehead atoms. The Morgan fingerprint density at radius 1 is 0.375 bits per heavy atom. The van der Waals surface area contributed by atoms with E-state index in [4.69, 9.17) is 47.4 Å². The van der Waals surface area contributed by atoms with Crippen LogP contribution >= 0.6 is 0 Å². The summed E-state index contributed by atoms with van der Waals surface area (Å²) in [6.07, 6.45) is -4.47. The van der Waals surface area contributed by atoms with Gasteiger partial charge in [0.1, 0.15) is 68.1 Å². The third-order valence-corrected chi connectivity index (χ3v) is 14.3. The van der Waals surface area contributed by atoms with E-state index >= 15 is 0 Å². The van der Waals surface area contributed by atoms with Gasteiger partial charge in [-0.15, -0.1) is 0 Å². The topological polar surface area (TPSA) is 92.3 Å². The van der Waals surface area contributed by atoms with E-state index in [9.17, 15) is 0 Å². The minimum atomic E-state index is -0.965. The summed E-state index contributed by atoms with van der Waals surface area (Å²) >= 11 is 0. The maximum atomic E-state index is 7.51. The van der Waals surface area contributed by atoms with E-state index in [0.717, 1.165) is 50.1 Å². The summed E-state index contributed by atoms with van der Waals surface area (Å²) in [5.74, 6) is 2.97. The highest BCUT2D eigenvalue weighted by molar-refractivity contribution is 5.54. The van der Waals surface area contributed by atoms with Crippen molar-refractivity contribution in [1.29, 1.82) is 0 Å². The van der Waals surface area contributed by atoms with Crippen molar-refractivity contribution in [2.75, 3.05) is 0 Å². The van der Waals surface area contributed by atoms with Crippen molar-refractivity contribution >= 4 is 0 Å². The lowest BCUT2D eigenvalue weighted by atomic mass is 9.92. The van der Waals surface area contributed by atoms with Crippen LogP contribution in [0.1, 0.15) is 63.1 Å². The van der Waals surface area contributed by atoms with Gasteiger partial charge in [-0.3, -0.25) is 0 Å². The van der Waals surface area contributed by atoms with Crippen LogP contribution in [0.5, 0.6) is 28.7 Å². The smallest absolute Gasteiger partial charge is 0.187 e. The summed E-state index contributed by atoms with van der Waals surface area (Å²) in [4.78, 5) is 0. The van der Waals surface area contributed by atoms with E-state index < -0.39 is 42.9 Å². The number of fused-ring (bicyclic) bond motifs is 1. The van der Waals surface area contributed by atoms with E-state index in [1.165, 1.54) is 0 Å². The van der Waals surface area contributed by atoms with Gasteiger partial charge < -0.3 is 47.4 Å². The molecule has 0 aromatic heterocycles. The molecular weight excluding hydrogens is 1000 g/mol. The van der Waals surface area contributed by atoms with Crippen LogP contribution in [-0.4, -0.2) is 36.8 Å². The fourth-order valence-corrected chi connectivity index (χ4v) is 10.1. The van der Waals surface area contributed by atoms with Crippen molar-refractivity contribution in [3.63, 3.8) is 0 Å². The van der Waals surface area contributed by atoms with Gasteiger partial charge in [0.15, 0.2) is 23.9 Å². The molecule has 7 atom stereocenters. The first-order valence-corrected chi connectivity index (χ1v) is 27.5. The Bertz CT molecular complexity index is 3280. The van der Waals surface area contributed by atoms with Crippen LogP contribution in [0.4, 0.5) is 0 Å². The lowest BCUT2D eigenvalue weighted by Crippen LogP contribution is -2.61. The average molecular weight is 1070 g/mol. The second kappa shape index (κ2) is 27.1. The van der Waals surface area contributed by atoms with E-state index in [1.807, 2.05) is 213 Å². The fourth-order valence-electron chi connectivity index (χ4n) is 10.1. The molecule has 10 nitrogen and oxygen atoms in total. The molecule has 2 aliphatic heterocycles. The van der Waals surface area contributed by atoms with Crippen LogP contribution in [0.25, 0.3) is 0 Å². The first kappa shape index (κ1) is 53.8. The molecule has 0 N–H and O–H groups in total. The molecule has 10 heteroatoms. The Hall–Kier alpha value is -8.22. The Morgan fingerprint density at radius 3 is 1.25 bits per heavy atom. The summed E-state index contributed by atoms with van der Waals surface area (Å²) < 4.78 is 69.4. The Morgan fingerprint density at radius 2 is 0.775 bits per heavy atom. The molecule has 80 heavy (non-hydrogen) atoms. The molecule has 2 heterocycles. The fraction of sp³-hybridized carbons (Fsp3) is 0.229. The highest BCUT2D eigenvalue weighted by atomic mass is 16.7. The first-order chi connectivity index (χ1) is 39.5. The number of hydrogen-bond acceptors (Lipinski definition) is 10. The van der Waals surface area contributed by atoms with Gasteiger partial charge in [-0.2, -0.15) is 0 Å². The van der Waals surface area contributed by atoms with Crippen molar-refractivity contribution in [1.82, 2.24) is 0 Å².